The molecule has 132 valence electrons. The van der Waals surface area contributed by atoms with E-state index in [1.54, 1.807) is 24.1 Å². The second-order valence-corrected chi connectivity index (χ2v) is 6.08. The van der Waals surface area contributed by atoms with Crippen LogP contribution in [0.15, 0.2) is 42.5 Å². The summed E-state index contributed by atoms with van der Waals surface area (Å²) in [5.74, 6) is -0.572. The van der Waals surface area contributed by atoms with E-state index in [0.717, 1.165) is 17.5 Å². The normalized spacial score (nSPS) is 10.4. The molecular weight excluding hydrogens is 318 g/mol. The van der Waals surface area contributed by atoms with Crippen LogP contribution in [0.25, 0.3) is 0 Å². The molecule has 0 fully saturated rings. The van der Waals surface area contributed by atoms with Gasteiger partial charge in [0.1, 0.15) is 5.75 Å². The van der Waals surface area contributed by atoms with Gasteiger partial charge in [-0.25, -0.2) is 4.79 Å². The first-order valence-corrected chi connectivity index (χ1v) is 8.13. The summed E-state index contributed by atoms with van der Waals surface area (Å²) in [5, 5.41) is 8.74. The molecule has 0 atom stereocenters. The molecular formula is C20H23NO4. The number of carbonyl (C=O) groups is 2. The van der Waals surface area contributed by atoms with Gasteiger partial charge >= 0.3 is 5.97 Å². The molecule has 0 unspecified atom stereocenters. The first kappa shape index (κ1) is 18.5. The molecule has 1 amide bonds. The van der Waals surface area contributed by atoms with Gasteiger partial charge in [0.05, 0.1) is 0 Å². The Bertz CT molecular complexity index is 733. The molecule has 0 aromatic heterocycles. The maximum absolute atomic E-state index is 12.6. The molecule has 0 aliphatic heterocycles. The van der Waals surface area contributed by atoms with E-state index >= 15 is 0 Å². The summed E-state index contributed by atoms with van der Waals surface area (Å²) >= 11 is 0. The van der Waals surface area contributed by atoms with Crippen LogP contribution in [0.3, 0.4) is 0 Å². The molecule has 0 radical (unpaired) electrons. The van der Waals surface area contributed by atoms with Crippen LogP contribution in [0.2, 0.25) is 0 Å². The number of carboxylic acids is 1. The van der Waals surface area contributed by atoms with Crippen LogP contribution in [0.5, 0.6) is 5.75 Å². The zero-order valence-electron chi connectivity index (χ0n) is 14.8. The van der Waals surface area contributed by atoms with Crippen LogP contribution in [-0.4, -0.2) is 42.1 Å². The number of likely N-dealkylation sites (N-methyl/N-ethyl adjacent to an activating group) is 1. The largest absolute Gasteiger partial charge is 0.481 e. The highest BCUT2D eigenvalue weighted by Gasteiger charge is 2.16. The first-order chi connectivity index (χ1) is 11.9. The maximum atomic E-state index is 12.6. The predicted octanol–water partition coefficient (Wildman–Crippen LogP) is 3.08. The van der Waals surface area contributed by atoms with Gasteiger partial charge in [-0.2, -0.15) is 0 Å². The summed E-state index contributed by atoms with van der Waals surface area (Å²) in [6.45, 7) is 3.85. The molecule has 0 aliphatic rings. The number of carbonyl (C=O) groups excluding carboxylic acids is 1. The molecule has 0 bridgehead atoms. The lowest BCUT2D eigenvalue weighted by Crippen LogP contribution is -2.29. The van der Waals surface area contributed by atoms with Crippen LogP contribution in [0.1, 0.15) is 27.0 Å². The summed E-state index contributed by atoms with van der Waals surface area (Å²) in [6.07, 6.45) is 0.793. The van der Waals surface area contributed by atoms with Gasteiger partial charge in [-0.05, 0) is 49.1 Å². The number of nitrogens with zero attached hydrogens (tertiary/aromatic N) is 1. The third-order valence-electron chi connectivity index (χ3n) is 3.97. The van der Waals surface area contributed by atoms with Crippen molar-refractivity contribution in [2.24, 2.45) is 0 Å². The number of ether oxygens (including phenoxy) is 1. The molecule has 25 heavy (non-hydrogen) atoms. The van der Waals surface area contributed by atoms with Crippen molar-refractivity contribution in [3.8, 4) is 5.75 Å². The summed E-state index contributed by atoms with van der Waals surface area (Å²) in [7, 11) is 1.78. The van der Waals surface area contributed by atoms with E-state index in [2.05, 4.69) is 0 Å². The number of rotatable bonds is 7. The average Bonchev–Trinajstić information content (AvgIpc) is 2.58. The Morgan fingerprint density at radius 1 is 1.08 bits per heavy atom. The zero-order valence-corrected chi connectivity index (χ0v) is 14.8. The smallest absolute Gasteiger partial charge is 0.341 e. The number of hydrogen-bond acceptors (Lipinski definition) is 3. The Hall–Kier alpha value is -2.82. The molecule has 0 aliphatic carbocycles. The van der Waals surface area contributed by atoms with Crippen LogP contribution in [0.4, 0.5) is 0 Å². The minimum Gasteiger partial charge on any atom is -0.481 e. The fourth-order valence-corrected chi connectivity index (χ4v) is 2.70. The number of benzene rings is 2. The van der Waals surface area contributed by atoms with Crippen LogP contribution in [0, 0.1) is 13.8 Å². The quantitative estimate of drug-likeness (QED) is 0.840. The average molecular weight is 341 g/mol. The van der Waals surface area contributed by atoms with Crippen LogP contribution >= 0.6 is 0 Å². The van der Waals surface area contributed by atoms with Gasteiger partial charge in [0.25, 0.3) is 5.91 Å². The van der Waals surface area contributed by atoms with E-state index in [1.807, 2.05) is 44.2 Å². The summed E-state index contributed by atoms with van der Waals surface area (Å²) < 4.78 is 5.31. The Labute approximate surface area is 147 Å². The fourth-order valence-electron chi connectivity index (χ4n) is 2.70. The number of aliphatic carboxylic acids is 1. The molecule has 0 saturated carbocycles. The van der Waals surface area contributed by atoms with E-state index in [1.165, 1.54) is 5.56 Å². The summed E-state index contributed by atoms with van der Waals surface area (Å²) in [6, 6.07) is 13.5. The van der Waals surface area contributed by atoms with Gasteiger partial charge < -0.3 is 14.7 Å². The van der Waals surface area contributed by atoms with E-state index in [0.29, 0.717) is 17.9 Å². The van der Waals surface area contributed by atoms with Gasteiger partial charge in [0, 0.05) is 19.2 Å². The van der Waals surface area contributed by atoms with Crippen LogP contribution < -0.4 is 4.74 Å². The van der Waals surface area contributed by atoms with E-state index < -0.39 is 12.6 Å². The molecule has 0 spiro atoms. The number of hydrogen-bond donors (Lipinski definition) is 1. The molecule has 2 rings (SSSR count). The lowest BCUT2D eigenvalue weighted by atomic mass is 10.0. The number of amides is 1. The Morgan fingerprint density at radius 3 is 2.24 bits per heavy atom. The summed E-state index contributed by atoms with van der Waals surface area (Å²) in [4.78, 5) is 25.0. The molecule has 0 heterocycles. The predicted molar refractivity (Wildman–Crippen MR) is 96.2 cm³/mol. The Balaban J connectivity index is 2.06. The molecule has 2 aromatic carbocycles. The third-order valence-corrected chi connectivity index (χ3v) is 3.97. The SMILES string of the molecule is Cc1cc(C(=O)N(C)CCc2ccccc2)cc(C)c1OCC(=O)O. The van der Waals surface area contributed by atoms with Crippen molar-refractivity contribution in [3.63, 3.8) is 0 Å². The van der Waals surface area contributed by atoms with E-state index in [4.69, 9.17) is 9.84 Å². The van der Waals surface area contributed by atoms with Gasteiger partial charge in [0.15, 0.2) is 6.61 Å². The number of aryl methyl sites for hydroxylation is 2. The van der Waals surface area contributed by atoms with Crippen molar-refractivity contribution in [2.75, 3.05) is 20.2 Å². The minimum absolute atomic E-state index is 0.0630. The highest BCUT2D eigenvalue weighted by Crippen LogP contribution is 2.25. The lowest BCUT2D eigenvalue weighted by molar-refractivity contribution is -0.139. The number of carboxylic acid groups (broad SMARTS) is 1. The third kappa shape index (κ3) is 5.08. The Kier molecular flexibility index (Phi) is 6.17. The van der Waals surface area contributed by atoms with Gasteiger partial charge in [0.2, 0.25) is 0 Å². The molecule has 1 N–H and O–H groups in total. The second kappa shape index (κ2) is 8.33. The zero-order chi connectivity index (χ0) is 18.4. The standard InChI is InChI=1S/C20H23NO4/c1-14-11-17(12-15(2)19(14)25-13-18(22)23)20(24)21(3)10-9-16-7-5-4-6-8-16/h4-8,11-12H,9-10,13H2,1-3H3,(H,22,23). The Morgan fingerprint density at radius 2 is 1.68 bits per heavy atom. The topological polar surface area (TPSA) is 66.8 Å². The van der Waals surface area contributed by atoms with Crippen molar-refractivity contribution in [1.82, 2.24) is 4.90 Å². The maximum Gasteiger partial charge on any atom is 0.341 e. The second-order valence-electron chi connectivity index (χ2n) is 6.08. The van der Waals surface area contributed by atoms with Gasteiger partial charge in [-0.15, -0.1) is 0 Å². The fraction of sp³-hybridized carbons (Fsp3) is 0.300. The van der Waals surface area contributed by atoms with Crippen molar-refractivity contribution >= 4 is 11.9 Å². The summed E-state index contributed by atoms with van der Waals surface area (Å²) in [5.41, 5.74) is 3.27. The van der Waals surface area contributed by atoms with Crippen molar-refractivity contribution < 1.29 is 19.4 Å². The lowest BCUT2D eigenvalue weighted by Gasteiger charge is -2.19. The van der Waals surface area contributed by atoms with E-state index in [-0.39, 0.29) is 5.91 Å². The van der Waals surface area contributed by atoms with Crippen molar-refractivity contribution in [3.05, 3.63) is 64.7 Å². The first-order valence-electron chi connectivity index (χ1n) is 8.13. The molecule has 2 aromatic rings. The van der Waals surface area contributed by atoms with Crippen molar-refractivity contribution in [2.45, 2.75) is 20.3 Å². The monoisotopic (exact) mass is 341 g/mol. The molecule has 5 heteroatoms. The van der Waals surface area contributed by atoms with Crippen LogP contribution in [-0.2, 0) is 11.2 Å². The van der Waals surface area contributed by atoms with Crippen molar-refractivity contribution in [1.29, 1.82) is 0 Å². The molecule has 5 nitrogen and oxygen atoms in total. The highest BCUT2D eigenvalue weighted by atomic mass is 16.5. The van der Waals surface area contributed by atoms with Gasteiger partial charge in [-0.1, -0.05) is 30.3 Å². The minimum atomic E-state index is -1.03. The highest BCUT2D eigenvalue weighted by molar-refractivity contribution is 5.94. The molecule has 0 saturated heterocycles. The van der Waals surface area contributed by atoms with E-state index in [9.17, 15) is 9.59 Å². The van der Waals surface area contributed by atoms with Gasteiger partial charge in [-0.3, -0.25) is 4.79 Å².